The average Bonchev–Trinajstić information content (AvgIpc) is 0.918. The first-order valence-corrected chi connectivity index (χ1v) is 1.02. The van der Waals surface area contributed by atoms with Crippen molar-refractivity contribution in [2.75, 3.05) is 7.11 Å². The first-order chi connectivity index (χ1) is 1.41. The highest BCUT2D eigenvalue weighted by Gasteiger charge is 1.30. The van der Waals surface area contributed by atoms with Gasteiger partial charge in [0.15, 0.2) is 0 Å². The summed E-state index contributed by atoms with van der Waals surface area (Å²) in [6.45, 7) is 0. The van der Waals surface area contributed by atoms with E-state index in [9.17, 15) is 0 Å². The van der Waals surface area contributed by atoms with Crippen LogP contribution in [0.25, 0.3) is 0 Å². The molecule has 0 unspecified atom stereocenters. The summed E-state index contributed by atoms with van der Waals surface area (Å²) >= 11 is 0. The average molecular weight is 302 g/mol. The molecule has 6 heavy (non-hydrogen) atoms. The van der Waals surface area contributed by atoms with Gasteiger partial charge in [0.2, 0.25) is 10.5 Å². The summed E-state index contributed by atoms with van der Waals surface area (Å²) in [7, 11) is 4.22. The lowest BCUT2D eigenvalue weighted by molar-refractivity contribution is 0.460. The van der Waals surface area contributed by atoms with Crippen LogP contribution in [0.4, 0.5) is 0 Å². The Kier molecular flexibility index (Phi) is 130. The minimum absolute atomic E-state index is 0. The SMILES string of the molecule is Br.Br.Br.CO[Si]. The van der Waals surface area contributed by atoms with Crippen molar-refractivity contribution in [1.29, 1.82) is 0 Å². The second-order valence-electron chi connectivity index (χ2n) is 0.204. The van der Waals surface area contributed by atoms with Gasteiger partial charge in [-0.1, -0.05) is 0 Å². The summed E-state index contributed by atoms with van der Waals surface area (Å²) in [6, 6.07) is 0. The molecule has 5 heteroatoms. The van der Waals surface area contributed by atoms with Crippen molar-refractivity contribution in [3.8, 4) is 0 Å². The third kappa shape index (κ3) is 45.8. The smallest absolute Gasteiger partial charge is 0.245 e. The monoisotopic (exact) mass is 299 g/mol. The molecule has 0 aromatic carbocycles. The fraction of sp³-hybridized carbons (Fsp3) is 1.00. The van der Waals surface area contributed by atoms with Gasteiger partial charge in [0.05, 0.1) is 0 Å². The zero-order valence-corrected chi connectivity index (χ0v) is 9.27. The lowest BCUT2D eigenvalue weighted by Crippen LogP contribution is -1.60. The Morgan fingerprint density at radius 3 is 1.17 bits per heavy atom. The van der Waals surface area contributed by atoms with Gasteiger partial charge in [0.1, 0.15) is 0 Å². The van der Waals surface area contributed by atoms with Gasteiger partial charge in [-0.15, -0.1) is 50.9 Å². The second kappa shape index (κ2) is 30.5. The summed E-state index contributed by atoms with van der Waals surface area (Å²) in [5.41, 5.74) is 0. The topological polar surface area (TPSA) is 9.23 Å². The molecule has 0 fully saturated rings. The quantitative estimate of drug-likeness (QED) is 0.616. The van der Waals surface area contributed by atoms with Crippen LogP contribution in [0.1, 0.15) is 0 Å². The van der Waals surface area contributed by atoms with Crippen LogP contribution >= 0.6 is 50.9 Å². The molecule has 1 nitrogen and oxygen atoms in total. The zero-order valence-electron chi connectivity index (χ0n) is 3.13. The van der Waals surface area contributed by atoms with Gasteiger partial charge in [0, 0.05) is 7.11 Å². The first kappa shape index (κ1) is 25.5. The molecule has 3 radical (unpaired) electrons. The lowest BCUT2D eigenvalue weighted by atomic mass is 11.8. The number of halogens is 3. The molecule has 0 rings (SSSR count). The van der Waals surface area contributed by atoms with Crippen LogP contribution in [-0.2, 0) is 4.43 Å². The second-order valence-corrected chi connectivity index (χ2v) is 0.612. The van der Waals surface area contributed by atoms with Gasteiger partial charge in [-0.2, -0.15) is 0 Å². The summed E-state index contributed by atoms with van der Waals surface area (Å²) in [4.78, 5) is 0. The van der Waals surface area contributed by atoms with Gasteiger partial charge in [-0.25, -0.2) is 0 Å². The van der Waals surface area contributed by atoms with Crippen LogP contribution in [0.2, 0.25) is 0 Å². The molecule has 0 heterocycles. The van der Waals surface area contributed by atoms with Crippen LogP contribution in [0.15, 0.2) is 0 Å². The maximum atomic E-state index is 4.06. The van der Waals surface area contributed by atoms with Crippen LogP contribution in [0.3, 0.4) is 0 Å². The Balaban J connectivity index is -0.00000000667. The number of hydrogen-bond donors (Lipinski definition) is 0. The third-order valence-electron chi connectivity index (χ3n) is 0. The van der Waals surface area contributed by atoms with Crippen molar-refractivity contribution in [3.63, 3.8) is 0 Å². The van der Waals surface area contributed by atoms with E-state index in [2.05, 4.69) is 14.9 Å². The van der Waals surface area contributed by atoms with E-state index in [1.165, 1.54) is 7.11 Å². The van der Waals surface area contributed by atoms with Crippen molar-refractivity contribution in [1.82, 2.24) is 0 Å². The van der Waals surface area contributed by atoms with Crippen LogP contribution in [0.5, 0.6) is 0 Å². The molecule has 0 aliphatic heterocycles. The highest BCUT2D eigenvalue weighted by molar-refractivity contribution is 8.93. The van der Waals surface area contributed by atoms with Crippen molar-refractivity contribution >= 4 is 61.4 Å². The molecule has 0 aromatic rings. The first-order valence-electron chi connectivity index (χ1n) is 0.612. The van der Waals surface area contributed by atoms with E-state index in [0.717, 1.165) is 0 Å². The van der Waals surface area contributed by atoms with Crippen molar-refractivity contribution in [3.05, 3.63) is 0 Å². The van der Waals surface area contributed by atoms with Crippen molar-refractivity contribution < 1.29 is 4.43 Å². The Morgan fingerprint density at radius 1 is 1.17 bits per heavy atom. The maximum absolute atomic E-state index is 4.06. The molecule has 41 valence electrons. The summed E-state index contributed by atoms with van der Waals surface area (Å²) in [5, 5.41) is 0. The molecular formula is CH6Br3OSi. The predicted molar refractivity (Wildman–Crippen MR) is 43.7 cm³/mol. The summed E-state index contributed by atoms with van der Waals surface area (Å²) < 4.78 is 4.06. The predicted octanol–water partition coefficient (Wildman–Crippen LogP) is 1.45. The van der Waals surface area contributed by atoms with Gasteiger partial charge < -0.3 is 4.43 Å². The third-order valence-corrected chi connectivity index (χ3v) is 0. The summed E-state index contributed by atoms with van der Waals surface area (Å²) in [5.74, 6) is 0. The number of rotatable bonds is 0. The van der Waals surface area contributed by atoms with Crippen molar-refractivity contribution in [2.24, 2.45) is 0 Å². The van der Waals surface area contributed by atoms with Crippen LogP contribution in [-0.4, -0.2) is 17.6 Å². The number of hydrogen-bond acceptors (Lipinski definition) is 1. The van der Waals surface area contributed by atoms with E-state index in [1.54, 1.807) is 0 Å². The fourth-order valence-electron chi connectivity index (χ4n) is 0. The minimum Gasteiger partial charge on any atom is -0.422 e. The highest BCUT2D eigenvalue weighted by Crippen LogP contribution is 1.24. The Morgan fingerprint density at radius 2 is 1.17 bits per heavy atom. The molecule has 0 bridgehead atoms. The molecule has 0 amide bonds. The molecule has 0 saturated carbocycles. The highest BCUT2D eigenvalue weighted by atomic mass is 79.9. The van der Waals surface area contributed by atoms with Crippen LogP contribution in [0, 0.1) is 0 Å². The molecule has 0 aromatic heterocycles. The molecule has 0 aliphatic rings. The molecular weight excluding hydrogens is 296 g/mol. The molecule has 0 saturated heterocycles. The fourth-order valence-corrected chi connectivity index (χ4v) is 0. The largest absolute Gasteiger partial charge is 0.422 e. The molecule has 0 aliphatic carbocycles. The van der Waals surface area contributed by atoms with E-state index >= 15 is 0 Å². The molecule has 0 spiro atoms. The van der Waals surface area contributed by atoms with Crippen LogP contribution < -0.4 is 0 Å². The lowest BCUT2D eigenvalue weighted by Gasteiger charge is -1.59. The van der Waals surface area contributed by atoms with E-state index in [4.69, 9.17) is 0 Å². The Bertz CT molecular complexity index is 10.8. The van der Waals surface area contributed by atoms with E-state index in [1.807, 2.05) is 0 Å². The minimum atomic E-state index is 0. The maximum Gasteiger partial charge on any atom is 0.245 e. The van der Waals surface area contributed by atoms with Gasteiger partial charge in [0.25, 0.3) is 0 Å². The van der Waals surface area contributed by atoms with Gasteiger partial charge in [-0.3, -0.25) is 0 Å². The van der Waals surface area contributed by atoms with E-state index in [-0.39, 0.29) is 50.9 Å². The zero-order chi connectivity index (χ0) is 2.71. The molecule has 0 N–H and O–H groups in total. The van der Waals surface area contributed by atoms with E-state index in [0.29, 0.717) is 0 Å². The standard InChI is InChI=1S/CH3OSi.3BrH/c1-2-3;;;/h1H3;3*1H. The van der Waals surface area contributed by atoms with Gasteiger partial charge >= 0.3 is 0 Å². The Labute approximate surface area is 72.7 Å². The molecule has 0 atom stereocenters. The van der Waals surface area contributed by atoms with Gasteiger partial charge in [-0.05, 0) is 0 Å². The van der Waals surface area contributed by atoms with Crippen molar-refractivity contribution in [2.45, 2.75) is 0 Å². The summed E-state index contributed by atoms with van der Waals surface area (Å²) in [6.07, 6.45) is 0. The normalized spacial score (nSPS) is 3.00. The Hall–Kier alpha value is 1.62. The van der Waals surface area contributed by atoms with E-state index < -0.39 is 0 Å².